The third kappa shape index (κ3) is 3.26. The lowest BCUT2D eigenvalue weighted by Gasteiger charge is -2.24. The van der Waals surface area contributed by atoms with Crippen LogP contribution >= 0.6 is 12.4 Å². The van der Waals surface area contributed by atoms with Gasteiger partial charge in [-0.15, -0.1) is 17.5 Å². The molecule has 0 saturated carbocycles. The van der Waals surface area contributed by atoms with E-state index in [0.717, 1.165) is 31.6 Å². The first-order valence-electron chi connectivity index (χ1n) is 7.08. The number of rotatable bonds is 4. The van der Waals surface area contributed by atoms with E-state index in [1.807, 2.05) is 36.2 Å². The molecule has 7 nitrogen and oxygen atoms in total. The molecule has 1 atom stereocenters. The van der Waals surface area contributed by atoms with Gasteiger partial charge in [0.05, 0.1) is 5.69 Å². The second kappa shape index (κ2) is 7.33. The lowest BCUT2D eigenvalue weighted by Crippen LogP contribution is -2.40. The number of carbonyl (C=O) groups excluding carboxylic acids is 1. The zero-order chi connectivity index (χ0) is 14.7. The van der Waals surface area contributed by atoms with Gasteiger partial charge in [-0.25, -0.2) is 4.68 Å². The van der Waals surface area contributed by atoms with Gasteiger partial charge in [0.1, 0.15) is 6.33 Å². The number of tetrazole rings is 1. The Morgan fingerprint density at radius 2 is 2.14 bits per heavy atom. The minimum atomic E-state index is 0. The van der Waals surface area contributed by atoms with Crippen molar-refractivity contribution in [1.29, 1.82) is 0 Å². The summed E-state index contributed by atoms with van der Waals surface area (Å²) in [5, 5.41) is 14.2. The number of nitrogens with zero attached hydrogens (tertiary/aromatic N) is 5. The van der Waals surface area contributed by atoms with Crippen molar-refractivity contribution in [3.63, 3.8) is 0 Å². The fourth-order valence-corrected chi connectivity index (χ4v) is 2.75. The summed E-state index contributed by atoms with van der Waals surface area (Å²) in [6.45, 7) is 1.67. The first-order valence-corrected chi connectivity index (χ1v) is 7.08. The quantitative estimate of drug-likeness (QED) is 0.905. The second-order valence-electron chi connectivity index (χ2n) is 5.15. The molecule has 1 aliphatic heterocycles. The van der Waals surface area contributed by atoms with E-state index in [1.54, 1.807) is 4.68 Å². The minimum absolute atomic E-state index is 0. The van der Waals surface area contributed by atoms with Gasteiger partial charge >= 0.3 is 0 Å². The Hall–Kier alpha value is -1.99. The Morgan fingerprint density at radius 1 is 1.36 bits per heavy atom. The number of aromatic nitrogens is 4. The number of likely N-dealkylation sites (N-methyl/N-ethyl adjacent to an activating group) is 1. The van der Waals surface area contributed by atoms with E-state index >= 15 is 0 Å². The van der Waals surface area contributed by atoms with Crippen LogP contribution in [-0.4, -0.2) is 57.2 Å². The zero-order valence-corrected chi connectivity index (χ0v) is 13.2. The highest BCUT2D eigenvalue weighted by Gasteiger charge is 2.28. The van der Waals surface area contributed by atoms with Crippen LogP contribution in [0.5, 0.6) is 0 Å². The van der Waals surface area contributed by atoms with Crippen molar-refractivity contribution in [3.8, 4) is 5.69 Å². The Kier molecular flexibility index (Phi) is 5.46. The van der Waals surface area contributed by atoms with Crippen LogP contribution in [0, 0.1) is 0 Å². The van der Waals surface area contributed by atoms with Crippen LogP contribution < -0.4 is 5.32 Å². The van der Waals surface area contributed by atoms with Gasteiger partial charge < -0.3 is 10.2 Å². The highest BCUT2D eigenvalue weighted by atomic mass is 35.5. The molecule has 3 rings (SSSR count). The molecular formula is C14H19ClN6O. The van der Waals surface area contributed by atoms with E-state index in [0.29, 0.717) is 11.6 Å². The van der Waals surface area contributed by atoms with Crippen LogP contribution in [0.3, 0.4) is 0 Å². The average molecular weight is 323 g/mol. The highest BCUT2D eigenvalue weighted by molar-refractivity contribution is 5.94. The predicted octanol–water partition coefficient (Wildman–Crippen LogP) is 0.908. The van der Waals surface area contributed by atoms with Crippen molar-refractivity contribution in [3.05, 3.63) is 36.2 Å². The third-order valence-electron chi connectivity index (χ3n) is 3.81. The molecule has 1 unspecified atom stereocenters. The normalized spacial score (nSPS) is 17.3. The van der Waals surface area contributed by atoms with Crippen LogP contribution in [0.25, 0.3) is 5.69 Å². The molecule has 0 radical (unpaired) electrons. The molecule has 1 aromatic carbocycles. The summed E-state index contributed by atoms with van der Waals surface area (Å²) in [5.41, 5.74) is 1.54. The summed E-state index contributed by atoms with van der Waals surface area (Å²) in [4.78, 5) is 14.5. The summed E-state index contributed by atoms with van der Waals surface area (Å²) < 4.78 is 1.56. The van der Waals surface area contributed by atoms with Crippen molar-refractivity contribution < 1.29 is 4.79 Å². The van der Waals surface area contributed by atoms with E-state index in [1.165, 1.54) is 6.33 Å². The lowest BCUT2D eigenvalue weighted by molar-refractivity contribution is 0.0737. The van der Waals surface area contributed by atoms with Gasteiger partial charge in [-0.2, -0.15) is 0 Å². The van der Waals surface area contributed by atoms with Crippen molar-refractivity contribution in [2.24, 2.45) is 0 Å². The molecule has 2 heterocycles. The predicted molar refractivity (Wildman–Crippen MR) is 84.4 cm³/mol. The average Bonchev–Trinajstić information content (AvgIpc) is 3.19. The number of likely N-dealkylation sites (tertiary alicyclic amines) is 1. The highest BCUT2D eigenvalue weighted by Crippen LogP contribution is 2.20. The Labute approximate surface area is 135 Å². The van der Waals surface area contributed by atoms with E-state index in [2.05, 4.69) is 20.8 Å². The molecule has 1 aliphatic rings. The molecule has 118 valence electrons. The van der Waals surface area contributed by atoms with Crippen LogP contribution in [0.1, 0.15) is 23.2 Å². The Balaban J connectivity index is 0.00000176. The first kappa shape index (κ1) is 16.4. The van der Waals surface area contributed by atoms with Gasteiger partial charge in [0.15, 0.2) is 0 Å². The summed E-state index contributed by atoms with van der Waals surface area (Å²) in [7, 11) is 1.92. The van der Waals surface area contributed by atoms with Crippen LogP contribution in [0.15, 0.2) is 30.6 Å². The van der Waals surface area contributed by atoms with E-state index in [4.69, 9.17) is 0 Å². The Bertz CT molecular complexity index is 600. The molecule has 2 aromatic rings. The molecule has 1 saturated heterocycles. The second-order valence-corrected chi connectivity index (χ2v) is 5.15. The van der Waals surface area contributed by atoms with Crippen molar-refractivity contribution in [2.75, 3.05) is 20.1 Å². The number of hydrogen-bond acceptors (Lipinski definition) is 5. The molecule has 1 N–H and O–H groups in total. The number of amides is 1. The van der Waals surface area contributed by atoms with Gasteiger partial charge in [0.25, 0.3) is 5.91 Å². The molecule has 0 bridgehead atoms. The number of halogens is 1. The Morgan fingerprint density at radius 3 is 2.77 bits per heavy atom. The van der Waals surface area contributed by atoms with Crippen LogP contribution in [0.4, 0.5) is 0 Å². The topological polar surface area (TPSA) is 75.9 Å². The summed E-state index contributed by atoms with van der Waals surface area (Å²) in [5.74, 6) is 0.0935. The third-order valence-corrected chi connectivity index (χ3v) is 3.81. The number of hydrogen-bond donors (Lipinski definition) is 1. The molecule has 1 fully saturated rings. The van der Waals surface area contributed by atoms with E-state index in [-0.39, 0.29) is 18.3 Å². The van der Waals surface area contributed by atoms with Crippen molar-refractivity contribution in [1.82, 2.24) is 30.4 Å². The zero-order valence-electron chi connectivity index (χ0n) is 12.3. The summed E-state index contributed by atoms with van der Waals surface area (Å²) >= 11 is 0. The van der Waals surface area contributed by atoms with Gasteiger partial charge in [-0.3, -0.25) is 4.79 Å². The molecule has 0 spiro atoms. The smallest absolute Gasteiger partial charge is 0.254 e. The van der Waals surface area contributed by atoms with E-state index < -0.39 is 0 Å². The molecule has 8 heteroatoms. The van der Waals surface area contributed by atoms with Crippen molar-refractivity contribution >= 4 is 18.3 Å². The minimum Gasteiger partial charge on any atom is -0.334 e. The fraction of sp³-hybridized carbons (Fsp3) is 0.429. The lowest BCUT2D eigenvalue weighted by atomic mass is 10.1. The fourth-order valence-electron chi connectivity index (χ4n) is 2.75. The van der Waals surface area contributed by atoms with Gasteiger partial charge in [-0.1, -0.05) is 0 Å². The monoisotopic (exact) mass is 322 g/mol. The molecular weight excluding hydrogens is 304 g/mol. The van der Waals surface area contributed by atoms with Gasteiger partial charge in [0.2, 0.25) is 0 Å². The van der Waals surface area contributed by atoms with Crippen LogP contribution in [0.2, 0.25) is 0 Å². The largest absolute Gasteiger partial charge is 0.334 e. The maximum Gasteiger partial charge on any atom is 0.254 e. The maximum absolute atomic E-state index is 12.6. The number of carbonyl (C=O) groups is 1. The SMILES string of the molecule is CNCC1CCCN1C(=O)c1ccc(-n2cnnn2)cc1.Cl. The summed E-state index contributed by atoms with van der Waals surface area (Å²) in [6.07, 6.45) is 3.66. The van der Waals surface area contributed by atoms with Crippen molar-refractivity contribution in [2.45, 2.75) is 18.9 Å². The van der Waals surface area contributed by atoms with Gasteiger partial charge in [0, 0.05) is 24.7 Å². The van der Waals surface area contributed by atoms with Gasteiger partial charge in [-0.05, 0) is 54.6 Å². The van der Waals surface area contributed by atoms with E-state index in [9.17, 15) is 4.79 Å². The standard InChI is InChI=1S/C14H18N6O.ClH/c1-15-9-13-3-2-8-19(13)14(21)11-4-6-12(7-5-11)20-10-16-17-18-20;/h4-7,10,13,15H,2-3,8-9H2,1H3;1H. The molecule has 1 aromatic heterocycles. The van der Waals surface area contributed by atoms with Crippen LogP contribution in [-0.2, 0) is 0 Å². The number of benzene rings is 1. The molecule has 22 heavy (non-hydrogen) atoms. The number of nitrogens with one attached hydrogen (secondary N) is 1. The maximum atomic E-state index is 12.6. The first-order chi connectivity index (χ1) is 10.3. The molecule has 0 aliphatic carbocycles. The summed E-state index contributed by atoms with van der Waals surface area (Å²) in [6, 6.07) is 7.66. The molecule has 1 amide bonds.